The minimum atomic E-state index is -0.162. The molecule has 2 saturated heterocycles. The normalized spacial score (nSPS) is 22.6. The summed E-state index contributed by atoms with van der Waals surface area (Å²) in [6.07, 6.45) is 6.80. The lowest BCUT2D eigenvalue weighted by molar-refractivity contribution is -0.0652. The zero-order valence-electron chi connectivity index (χ0n) is 20.8. The second kappa shape index (κ2) is 8.29. The molecule has 0 amide bonds. The van der Waals surface area contributed by atoms with Gasteiger partial charge >= 0.3 is 0 Å². The average Bonchev–Trinajstić information content (AvgIpc) is 3.46. The highest BCUT2D eigenvalue weighted by Crippen LogP contribution is 2.51. The molecule has 6 heterocycles. The highest BCUT2D eigenvalue weighted by atomic mass is 32.2. The molecule has 1 aromatic carbocycles. The van der Waals surface area contributed by atoms with Crippen LogP contribution in [0, 0.1) is 5.41 Å². The third kappa shape index (κ3) is 3.41. The first-order valence-electron chi connectivity index (χ1n) is 13.1. The Bertz CT molecular complexity index is 1550. The van der Waals surface area contributed by atoms with Crippen molar-refractivity contribution in [2.45, 2.75) is 40.8 Å². The molecular weight excluding hydrogens is 500 g/mol. The van der Waals surface area contributed by atoms with Gasteiger partial charge < -0.3 is 25.4 Å². The van der Waals surface area contributed by atoms with Crippen molar-refractivity contribution >= 4 is 34.6 Å². The predicted octanol–water partition coefficient (Wildman–Crippen LogP) is 3.32. The summed E-state index contributed by atoms with van der Waals surface area (Å²) in [6, 6.07) is 10.7. The number of nitrogens with one attached hydrogen (secondary N) is 2. The maximum Gasteiger partial charge on any atom is 0.177 e. The number of benzene rings is 1. The van der Waals surface area contributed by atoms with Gasteiger partial charge in [-0.25, -0.2) is 15.0 Å². The Labute approximate surface area is 223 Å². The molecule has 3 aliphatic heterocycles. The van der Waals surface area contributed by atoms with Crippen LogP contribution in [0.2, 0.25) is 0 Å². The van der Waals surface area contributed by atoms with E-state index in [1.54, 1.807) is 6.20 Å². The second-order valence-corrected chi connectivity index (χ2v) is 12.0. The van der Waals surface area contributed by atoms with E-state index in [4.69, 9.17) is 25.2 Å². The van der Waals surface area contributed by atoms with Gasteiger partial charge in [0.2, 0.25) is 0 Å². The van der Waals surface area contributed by atoms with Crippen LogP contribution in [-0.2, 0) is 11.2 Å². The number of nitrogens with zero attached hydrogens (tertiary/aromatic N) is 5. The number of fused-ring (bicyclic) bond motifs is 3. The molecule has 4 aromatic rings. The van der Waals surface area contributed by atoms with Crippen molar-refractivity contribution in [3.63, 3.8) is 0 Å². The number of hydrogen-bond acceptors (Lipinski definition) is 10. The zero-order valence-corrected chi connectivity index (χ0v) is 21.6. The standard InChI is InChI=1S/C27H28N8O2S/c28-22-17-4-2-1-3-16(17)11-26(22)6-9-35(10-7-26)19-12-30-20-23(31-19)33-34-25(20)38-18-5-8-29-24-21(18)37-15-27(32-24)13-36-14-27/h1-5,8,12,22H,6-7,9-11,13-15,28H2,(H,29,32)(H,31,33,34)/t22-/m1/s1. The topological polar surface area (TPSA) is 127 Å². The van der Waals surface area contributed by atoms with E-state index in [0.717, 1.165) is 65.2 Å². The average molecular weight is 529 g/mol. The number of H-pyrrole nitrogens is 1. The van der Waals surface area contributed by atoms with E-state index in [1.807, 2.05) is 12.3 Å². The first-order chi connectivity index (χ1) is 18.6. The highest BCUT2D eigenvalue weighted by molar-refractivity contribution is 7.99. The van der Waals surface area contributed by atoms with E-state index in [-0.39, 0.29) is 17.0 Å². The predicted molar refractivity (Wildman–Crippen MR) is 144 cm³/mol. The SMILES string of the molecule is N[C@@H]1c2ccccc2CC12CCN(c1cnc3c(Sc4ccnc5c4OCC4(COC4)N5)n[nH]c3n1)CC2. The van der Waals surface area contributed by atoms with Gasteiger partial charge in [-0.2, -0.15) is 5.10 Å². The molecule has 8 rings (SSSR count). The number of pyridine rings is 1. The minimum absolute atomic E-state index is 0.104. The number of aromatic amines is 1. The van der Waals surface area contributed by atoms with Crippen molar-refractivity contribution in [2.24, 2.45) is 11.1 Å². The molecule has 10 nitrogen and oxygen atoms in total. The van der Waals surface area contributed by atoms with E-state index in [0.29, 0.717) is 25.5 Å². The van der Waals surface area contributed by atoms with Crippen LogP contribution in [0.15, 0.2) is 52.6 Å². The Kier molecular flexibility index (Phi) is 4.92. The summed E-state index contributed by atoms with van der Waals surface area (Å²) >= 11 is 1.50. The number of piperidine rings is 1. The molecule has 194 valence electrons. The maximum absolute atomic E-state index is 6.76. The number of ether oxygens (including phenoxy) is 2. The van der Waals surface area contributed by atoms with Gasteiger partial charge in [0.15, 0.2) is 22.2 Å². The van der Waals surface area contributed by atoms with E-state index in [1.165, 1.54) is 22.9 Å². The molecule has 3 aromatic heterocycles. The minimum Gasteiger partial charge on any atom is -0.486 e. The Balaban J connectivity index is 0.997. The summed E-state index contributed by atoms with van der Waals surface area (Å²) in [4.78, 5) is 17.4. The van der Waals surface area contributed by atoms with Gasteiger partial charge in [-0.3, -0.25) is 5.10 Å². The summed E-state index contributed by atoms with van der Waals surface area (Å²) in [5, 5.41) is 11.9. The molecule has 1 atom stereocenters. The number of rotatable bonds is 3. The molecular formula is C27H28N8O2S. The van der Waals surface area contributed by atoms with Crippen molar-refractivity contribution in [3.8, 4) is 5.75 Å². The van der Waals surface area contributed by atoms with Crippen LogP contribution in [-0.4, -0.2) is 63.6 Å². The van der Waals surface area contributed by atoms with Crippen LogP contribution in [0.3, 0.4) is 0 Å². The number of aromatic nitrogens is 5. The van der Waals surface area contributed by atoms with Crippen LogP contribution in [0.1, 0.15) is 30.0 Å². The van der Waals surface area contributed by atoms with Crippen molar-refractivity contribution in [1.82, 2.24) is 25.1 Å². The fourth-order valence-corrected chi connectivity index (χ4v) is 7.25. The maximum atomic E-state index is 6.76. The fraction of sp³-hybridized carbons (Fsp3) is 0.407. The van der Waals surface area contributed by atoms with E-state index in [2.05, 4.69) is 49.7 Å². The summed E-state index contributed by atoms with van der Waals surface area (Å²) in [6.45, 7) is 3.64. The largest absolute Gasteiger partial charge is 0.486 e. The molecule has 0 unspecified atom stereocenters. The van der Waals surface area contributed by atoms with Crippen LogP contribution < -0.4 is 20.7 Å². The molecule has 11 heteroatoms. The molecule has 2 fully saturated rings. The Morgan fingerprint density at radius 3 is 2.76 bits per heavy atom. The van der Waals surface area contributed by atoms with Gasteiger partial charge in [-0.05, 0) is 41.9 Å². The Hall–Kier alpha value is -3.41. The third-order valence-corrected chi connectivity index (χ3v) is 9.63. The number of nitrogens with two attached hydrogens (primary N) is 1. The quantitative estimate of drug-likeness (QED) is 0.364. The first kappa shape index (κ1) is 22.6. The molecule has 38 heavy (non-hydrogen) atoms. The monoisotopic (exact) mass is 528 g/mol. The van der Waals surface area contributed by atoms with Gasteiger partial charge in [0.25, 0.3) is 0 Å². The molecule has 0 radical (unpaired) electrons. The second-order valence-electron chi connectivity index (χ2n) is 10.9. The molecule has 4 aliphatic rings. The number of anilines is 2. The van der Waals surface area contributed by atoms with Crippen molar-refractivity contribution in [1.29, 1.82) is 0 Å². The lowest BCUT2D eigenvalue weighted by Crippen LogP contribution is -2.61. The van der Waals surface area contributed by atoms with Crippen molar-refractivity contribution < 1.29 is 9.47 Å². The van der Waals surface area contributed by atoms with Crippen LogP contribution in [0.25, 0.3) is 11.2 Å². The van der Waals surface area contributed by atoms with Gasteiger partial charge in [0.1, 0.15) is 23.5 Å². The zero-order chi connectivity index (χ0) is 25.3. The lowest BCUT2D eigenvalue weighted by Gasteiger charge is -2.44. The third-order valence-electron chi connectivity index (χ3n) is 8.61. The van der Waals surface area contributed by atoms with Gasteiger partial charge in [0, 0.05) is 25.3 Å². The Morgan fingerprint density at radius 1 is 1.08 bits per heavy atom. The first-order valence-corrected chi connectivity index (χ1v) is 13.9. The van der Waals surface area contributed by atoms with Crippen molar-refractivity contribution in [3.05, 3.63) is 53.9 Å². The van der Waals surface area contributed by atoms with Gasteiger partial charge in [0.05, 0.1) is 24.3 Å². The van der Waals surface area contributed by atoms with Crippen LogP contribution in [0.5, 0.6) is 5.75 Å². The molecule has 0 saturated carbocycles. The molecule has 4 N–H and O–H groups in total. The molecule has 0 bridgehead atoms. The van der Waals surface area contributed by atoms with E-state index in [9.17, 15) is 0 Å². The van der Waals surface area contributed by atoms with Crippen LogP contribution in [0.4, 0.5) is 11.6 Å². The molecule has 1 aliphatic carbocycles. The summed E-state index contributed by atoms with van der Waals surface area (Å²) < 4.78 is 11.5. The smallest absolute Gasteiger partial charge is 0.177 e. The van der Waals surface area contributed by atoms with Gasteiger partial charge in [-0.15, -0.1) is 0 Å². The highest BCUT2D eigenvalue weighted by Gasteiger charge is 2.46. The number of hydrogen-bond donors (Lipinski definition) is 3. The van der Waals surface area contributed by atoms with E-state index >= 15 is 0 Å². The summed E-state index contributed by atoms with van der Waals surface area (Å²) in [7, 11) is 0. The fourth-order valence-electron chi connectivity index (χ4n) is 6.33. The van der Waals surface area contributed by atoms with Crippen LogP contribution >= 0.6 is 11.8 Å². The molecule has 2 spiro atoms. The van der Waals surface area contributed by atoms with Crippen molar-refractivity contribution in [2.75, 3.05) is 43.1 Å². The summed E-state index contributed by atoms with van der Waals surface area (Å²) in [5.74, 6) is 2.36. The summed E-state index contributed by atoms with van der Waals surface area (Å²) in [5.41, 5.74) is 10.9. The Morgan fingerprint density at radius 2 is 1.95 bits per heavy atom. The van der Waals surface area contributed by atoms with E-state index < -0.39 is 0 Å². The lowest BCUT2D eigenvalue weighted by atomic mass is 9.73. The van der Waals surface area contributed by atoms with Gasteiger partial charge in [-0.1, -0.05) is 36.0 Å².